The van der Waals surface area contributed by atoms with Crippen LogP contribution in [0, 0.1) is 0 Å². The zero-order valence-corrected chi connectivity index (χ0v) is 6.50. The monoisotopic (exact) mass is 147 g/mol. The summed E-state index contributed by atoms with van der Waals surface area (Å²) in [7, 11) is 0. The lowest BCUT2D eigenvalue weighted by Crippen LogP contribution is -2.42. The van der Waals surface area contributed by atoms with E-state index >= 15 is 0 Å². The number of thioether (sulfide) groups is 1. The minimum absolute atomic E-state index is 0.370. The second kappa shape index (κ2) is 2.90. The molecule has 0 aromatic carbocycles. The van der Waals surface area contributed by atoms with Crippen LogP contribution in [0.5, 0.6) is 0 Å². The first-order valence-electron chi connectivity index (χ1n) is 3.25. The summed E-state index contributed by atoms with van der Waals surface area (Å²) in [5, 5.41) is 8.43. The lowest BCUT2D eigenvalue weighted by atomic mass is 9.84. The summed E-state index contributed by atoms with van der Waals surface area (Å²) >= 11 is 1.86. The van der Waals surface area contributed by atoms with E-state index in [0.29, 0.717) is 4.75 Å². The quantitative estimate of drug-likeness (QED) is 0.589. The highest BCUT2D eigenvalue weighted by molar-refractivity contribution is 8.00. The van der Waals surface area contributed by atoms with Gasteiger partial charge in [0.2, 0.25) is 0 Å². The highest BCUT2D eigenvalue weighted by atomic mass is 32.2. The number of nitrogens with one attached hydrogen (secondary N) is 1. The van der Waals surface area contributed by atoms with Gasteiger partial charge in [-0.3, -0.25) is 0 Å². The van der Waals surface area contributed by atoms with Gasteiger partial charge in [-0.2, -0.15) is 11.8 Å². The van der Waals surface area contributed by atoms with Crippen LogP contribution < -0.4 is 5.48 Å². The van der Waals surface area contributed by atoms with Crippen molar-refractivity contribution in [2.75, 3.05) is 12.8 Å². The lowest BCUT2D eigenvalue weighted by molar-refractivity contribution is 0.139. The van der Waals surface area contributed by atoms with Crippen LogP contribution in [0.25, 0.3) is 0 Å². The molecule has 1 aliphatic rings. The van der Waals surface area contributed by atoms with Crippen LogP contribution in [0.2, 0.25) is 0 Å². The smallest absolute Gasteiger partial charge is 0.0354 e. The fourth-order valence-electron chi connectivity index (χ4n) is 1.17. The first-order chi connectivity index (χ1) is 4.33. The second-order valence-corrected chi connectivity index (χ2v) is 3.85. The molecule has 0 spiro atoms. The van der Waals surface area contributed by atoms with Crippen molar-refractivity contribution in [3.63, 3.8) is 0 Å². The highest BCUT2D eigenvalue weighted by Crippen LogP contribution is 2.41. The van der Waals surface area contributed by atoms with E-state index in [4.69, 9.17) is 5.21 Å². The van der Waals surface area contributed by atoms with Gasteiger partial charge in [0.1, 0.15) is 0 Å². The molecule has 0 radical (unpaired) electrons. The van der Waals surface area contributed by atoms with E-state index in [1.54, 1.807) is 0 Å². The second-order valence-electron chi connectivity index (χ2n) is 2.58. The Balaban J connectivity index is 2.28. The van der Waals surface area contributed by atoms with Crippen molar-refractivity contribution in [3.8, 4) is 0 Å². The molecule has 0 bridgehead atoms. The molecule has 1 aliphatic carbocycles. The van der Waals surface area contributed by atoms with Gasteiger partial charge in [-0.1, -0.05) is 6.42 Å². The van der Waals surface area contributed by atoms with Gasteiger partial charge < -0.3 is 5.21 Å². The first-order valence-corrected chi connectivity index (χ1v) is 4.47. The van der Waals surface area contributed by atoms with Crippen molar-refractivity contribution in [2.45, 2.75) is 24.0 Å². The SMILES string of the molecule is CSC1(CNO)CCC1. The maximum absolute atomic E-state index is 8.43. The molecule has 2 nitrogen and oxygen atoms in total. The summed E-state index contributed by atoms with van der Waals surface area (Å²) < 4.78 is 0.370. The van der Waals surface area contributed by atoms with Crippen molar-refractivity contribution in [3.05, 3.63) is 0 Å². The lowest BCUT2D eigenvalue weighted by Gasteiger charge is -2.39. The molecular weight excluding hydrogens is 134 g/mol. The van der Waals surface area contributed by atoms with E-state index in [1.165, 1.54) is 19.3 Å². The highest BCUT2D eigenvalue weighted by Gasteiger charge is 2.35. The van der Waals surface area contributed by atoms with Crippen LogP contribution in [-0.2, 0) is 0 Å². The Bertz CT molecular complexity index is 87.5. The van der Waals surface area contributed by atoms with Gasteiger partial charge in [0.25, 0.3) is 0 Å². The molecule has 0 atom stereocenters. The molecule has 0 amide bonds. The molecule has 0 aromatic heterocycles. The van der Waals surface area contributed by atoms with Gasteiger partial charge in [-0.05, 0) is 19.1 Å². The standard InChI is InChI=1S/C6H13NOS/c1-9-6(5-7-8)3-2-4-6/h7-8H,2-5H2,1H3. The molecule has 0 saturated heterocycles. The van der Waals surface area contributed by atoms with Gasteiger partial charge in [0, 0.05) is 11.3 Å². The Morgan fingerprint density at radius 1 is 1.67 bits per heavy atom. The summed E-state index contributed by atoms with van der Waals surface area (Å²) in [6, 6.07) is 0. The Morgan fingerprint density at radius 2 is 2.33 bits per heavy atom. The largest absolute Gasteiger partial charge is 0.317 e. The molecule has 9 heavy (non-hydrogen) atoms. The van der Waals surface area contributed by atoms with Crippen LogP contribution in [0.3, 0.4) is 0 Å². The maximum atomic E-state index is 8.43. The molecule has 2 N–H and O–H groups in total. The summed E-state index contributed by atoms with van der Waals surface area (Å²) in [5.41, 5.74) is 2.24. The third-order valence-corrected chi connectivity index (χ3v) is 3.52. The Morgan fingerprint density at radius 3 is 2.44 bits per heavy atom. The average Bonchev–Trinajstić information content (AvgIpc) is 1.79. The molecule has 1 saturated carbocycles. The van der Waals surface area contributed by atoms with E-state index in [0.717, 1.165) is 6.54 Å². The van der Waals surface area contributed by atoms with Gasteiger partial charge >= 0.3 is 0 Å². The maximum Gasteiger partial charge on any atom is 0.0354 e. The summed E-state index contributed by atoms with van der Waals surface area (Å²) in [6.07, 6.45) is 5.93. The van der Waals surface area contributed by atoms with E-state index in [-0.39, 0.29) is 0 Å². The topological polar surface area (TPSA) is 32.3 Å². The predicted octanol–water partition coefficient (Wildman–Crippen LogP) is 1.25. The van der Waals surface area contributed by atoms with E-state index in [9.17, 15) is 0 Å². The third-order valence-electron chi connectivity index (χ3n) is 2.10. The average molecular weight is 147 g/mol. The zero-order chi connectivity index (χ0) is 6.74. The Hall–Kier alpha value is 0.270. The first kappa shape index (κ1) is 7.38. The van der Waals surface area contributed by atoms with Gasteiger partial charge in [0.05, 0.1) is 0 Å². The van der Waals surface area contributed by atoms with Crippen molar-refractivity contribution in [1.82, 2.24) is 5.48 Å². The number of hydrogen-bond donors (Lipinski definition) is 2. The predicted molar refractivity (Wildman–Crippen MR) is 39.9 cm³/mol. The fraction of sp³-hybridized carbons (Fsp3) is 1.00. The molecule has 1 rings (SSSR count). The van der Waals surface area contributed by atoms with E-state index in [2.05, 4.69) is 11.7 Å². The van der Waals surface area contributed by atoms with Gasteiger partial charge in [-0.15, -0.1) is 0 Å². The van der Waals surface area contributed by atoms with Crippen LogP contribution >= 0.6 is 11.8 Å². The molecular formula is C6H13NOS. The van der Waals surface area contributed by atoms with Gasteiger partial charge in [-0.25, -0.2) is 5.48 Å². The molecule has 0 aromatic rings. The summed E-state index contributed by atoms with van der Waals surface area (Å²) in [5.74, 6) is 0. The van der Waals surface area contributed by atoms with Crippen LogP contribution in [-0.4, -0.2) is 22.8 Å². The van der Waals surface area contributed by atoms with Crippen molar-refractivity contribution in [1.29, 1.82) is 0 Å². The molecule has 1 fully saturated rings. The molecule has 54 valence electrons. The Labute approximate surface area is 60.0 Å². The van der Waals surface area contributed by atoms with Crippen molar-refractivity contribution < 1.29 is 5.21 Å². The minimum Gasteiger partial charge on any atom is -0.317 e. The molecule has 3 heteroatoms. The normalized spacial score (nSPS) is 23.3. The van der Waals surface area contributed by atoms with Gasteiger partial charge in [0.15, 0.2) is 0 Å². The van der Waals surface area contributed by atoms with Crippen molar-refractivity contribution in [2.24, 2.45) is 0 Å². The molecule has 0 aliphatic heterocycles. The molecule has 0 unspecified atom stereocenters. The number of rotatable bonds is 3. The van der Waals surface area contributed by atoms with E-state index < -0.39 is 0 Å². The summed E-state index contributed by atoms with van der Waals surface area (Å²) in [4.78, 5) is 0. The molecule has 0 heterocycles. The Kier molecular flexibility index (Phi) is 2.38. The number of hydrogen-bond acceptors (Lipinski definition) is 3. The minimum atomic E-state index is 0.370. The van der Waals surface area contributed by atoms with Crippen molar-refractivity contribution >= 4 is 11.8 Å². The van der Waals surface area contributed by atoms with Crippen LogP contribution in [0.1, 0.15) is 19.3 Å². The fourth-order valence-corrected chi connectivity index (χ4v) is 2.07. The zero-order valence-electron chi connectivity index (χ0n) is 5.68. The number of hydroxylamine groups is 1. The van der Waals surface area contributed by atoms with Crippen LogP contribution in [0.4, 0.5) is 0 Å². The van der Waals surface area contributed by atoms with E-state index in [1.807, 2.05) is 11.8 Å². The third kappa shape index (κ3) is 1.39. The van der Waals surface area contributed by atoms with Crippen LogP contribution in [0.15, 0.2) is 0 Å². The summed E-state index contributed by atoms with van der Waals surface area (Å²) in [6.45, 7) is 0.744.